The van der Waals surface area contributed by atoms with E-state index in [2.05, 4.69) is 25.7 Å². The number of thioether (sulfide) groups is 1. The molecular weight excluding hydrogens is 287 g/mol. The summed E-state index contributed by atoms with van der Waals surface area (Å²) in [6.45, 7) is 5.70. The molecule has 2 rings (SSSR count). The third-order valence-corrected chi connectivity index (χ3v) is 4.54. The molecule has 2 N–H and O–H groups in total. The molecule has 0 radical (unpaired) electrons. The van der Waals surface area contributed by atoms with Gasteiger partial charge in [-0.25, -0.2) is 4.39 Å². The monoisotopic (exact) mass is 306 g/mol. The SMILES string of the molecule is CC1(C)CN(C(=O)c2ccc(C#CCN)cc2F)CCS1. The number of rotatable bonds is 1. The minimum atomic E-state index is -0.528. The van der Waals surface area contributed by atoms with E-state index in [9.17, 15) is 9.18 Å². The molecule has 1 aromatic rings. The number of nitrogens with two attached hydrogens (primary N) is 1. The van der Waals surface area contributed by atoms with Gasteiger partial charge in [0.1, 0.15) is 5.82 Å². The highest BCUT2D eigenvalue weighted by Crippen LogP contribution is 2.30. The molecule has 0 aliphatic carbocycles. The zero-order chi connectivity index (χ0) is 15.5. The lowest BCUT2D eigenvalue weighted by molar-refractivity contribution is 0.0743. The highest BCUT2D eigenvalue weighted by atomic mass is 32.2. The van der Waals surface area contributed by atoms with E-state index in [1.165, 1.54) is 12.1 Å². The fourth-order valence-electron chi connectivity index (χ4n) is 2.28. The quantitative estimate of drug-likeness (QED) is 0.808. The van der Waals surface area contributed by atoms with Crippen LogP contribution in [0.15, 0.2) is 18.2 Å². The summed E-state index contributed by atoms with van der Waals surface area (Å²) < 4.78 is 14.1. The molecule has 1 aliphatic heterocycles. The maximum Gasteiger partial charge on any atom is 0.256 e. The van der Waals surface area contributed by atoms with E-state index in [1.807, 2.05) is 11.8 Å². The van der Waals surface area contributed by atoms with Crippen molar-refractivity contribution in [1.82, 2.24) is 4.90 Å². The number of halogens is 1. The first-order valence-electron chi connectivity index (χ1n) is 6.85. The maximum absolute atomic E-state index is 14.1. The molecule has 0 bridgehead atoms. The van der Waals surface area contributed by atoms with Gasteiger partial charge in [-0.15, -0.1) is 0 Å². The van der Waals surface area contributed by atoms with Gasteiger partial charge in [-0.2, -0.15) is 11.8 Å². The number of carbonyl (C=O) groups excluding carboxylic acids is 1. The second-order valence-electron chi connectivity index (χ2n) is 5.54. The predicted molar refractivity (Wildman–Crippen MR) is 84.8 cm³/mol. The van der Waals surface area contributed by atoms with Gasteiger partial charge in [0.25, 0.3) is 5.91 Å². The molecule has 0 aromatic heterocycles. The topological polar surface area (TPSA) is 46.3 Å². The Kier molecular flexibility index (Phi) is 4.92. The lowest BCUT2D eigenvalue weighted by Gasteiger charge is -2.37. The second-order valence-corrected chi connectivity index (χ2v) is 7.34. The van der Waals surface area contributed by atoms with E-state index in [-0.39, 0.29) is 22.8 Å². The summed E-state index contributed by atoms with van der Waals surface area (Å²) in [4.78, 5) is 14.2. The summed E-state index contributed by atoms with van der Waals surface area (Å²) in [6.07, 6.45) is 0. The van der Waals surface area contributed by atoms with Crippen LogP contribution in [-0.4, -0.2) is 40.9 Å². The van der Waals surface area contributed by atoms with Gasteiger partial charge in [-0.05, 0) is 32.0 Å². The van der Waals surface area contributed by atoms with Crippen LogP contribution in [0.25, 0.3) is 0 Å². The highest BCUT2D eigenvalue weighted by Gasteiger charge is 2.31. The predicted octanol–water partition coefficient (Wildman–Crippen LogP) is 2.10. The Labute approximate surface area is 129 Å². The van der Waals surface area contributed by atoms with Crippen molar-refractivity contribution >= 4 is 17.7 Å². The van der Waals surface area contributed by atoms with Crippen molar-refractivity contribution in [2.75, 3.05) is 25.4 Å². The van der Waals surface area contributed by atoms with Crippen LogP contribution in [0.4, 0.5) is 4.39 Å². The number of amides is 1. The van der Waals surface area contributed by atoms with Crippen molar-refractivity contribution in [3.05, 3.63) is 35.1 Å². The maximum atomic E-state index is 14.1. The van der Waals surface area contributed by atoms with Gasteiger partial charge in [-0.3, -0.25) is 4.79 Å². The van der Waals surface area contributed by atoms with Crippen LogP contribution in [0.1, 0.15) is 29.8 Å². The third kappa shape index (κ3) is 3.99. The number of nitrogens with zero attached hydrogens (tertiary/aromatic N) is 1. The van der Waals surface area contributed by atoms with Crippen molar-refractivity contribution in [2.45, 2.75) is 18.6 Å². The first-order valence-corrected chi connectivity index (χ1v) is 7.83. The molecule has 112 valence electrons. The lowest BCUT2D eigenvalue weighted by atomic mass is 10.1. The fraction of sp³-hybridized carbons (Fsp3) is 0.438. The molecule has 0 spiro atoms. The van der Waals surface area contributed by atoms with Crippen LogP contribution >= 0.6 is 11.8 Å². The van der Waals surface area contributed by atoms with E-state index in [0.29, 0.717) is 18.7 Å². The van der Waals surface area contributed by atoms with Gasteiger partial charge in [0.15, 0.2) is 0 Å². The number of carbonyl (C=O) groups is 1. The van der Waals surface area contributed by atoms with Gasteiger partial charge in [0, 0.05) is 29.2 Å². The molecule has 1 aliphatic rings. The van der Waals surface area contributed by atoms with Crippen molar-refractivity contribution < 1.29 is 9.18 Å². The lowest BCUT2D eigenvalue weighted by Crippen LogP contribution is -2.46. The Hall–Kier alpha value is -1.51. The van der Waals surface area contributed by atoms with Crippen LogP contribution < -0.4 is 5.73 Å². The standard InChI is InChI=1S/C16H19FN2OS/c1-16(2)11-19(8-9-21-16)15(20)13-6-5-12(4-3-7-18)10-14(13)17/h5-6,10H,7-9,11,18H2,1-2H3. The average molecular weight is 306 g/mol. The van der Waals surface area contributed by atoms with Crippen molar-refractivity contribution in [1.29, 1.82) is 0 Å². The molecule has 1 fully saturated rings. The Bertz CT molecular complexity index is 604. The van der Waals surface area contributed by atoms with E-state index in [0.717, 1.165) is 5.75 Å². The van der Waals surface area contributed by atoms with Gasteiger partial charge >= 0.3 is 0 Å². The van der Waals surface area contributed by atoms with Crippen LogP contribution in [0, 0.1) is 17.7 Å². The zero-order valence-corrected chi connectivity index (χ0v) is 13.1. The molecule has 5 heteroatoms. The smallest absolute Gasteiger partial charge is 0.256 e. The summed E-state index contributed by atoms with van der Waals surface area (Å²) >= 11 is 1.83. The Balaban J connectivity index is 2.19. The van der Waals surface area contributed by atoms with Gasteiger partial charge < -0.3 is 10.6 Å². The summed E-state index contributed by atoms with van der Waals surface area (Å²) in [6, 6.07) is 4.45. The van der Waals surface area contributed by atoms with E-state index >= 15 is 0 Å². The number of hydrogen-bond donors (Lipinski definition) is 1. The Morgan fingerprint density at radius 3 is 2.90 bits per heavy atom. The van der Waals surface area contributed by atoms with Crippen molar-refractivity contribution in [3.8, 4) is 11.8 Å². The van der Waals surface area contributed by atoms with Crippen molar-refractivity contribution in [3.63, 3.8) is 0 Å². The molecule has 1 saturated heterocycles. The molecule has 1 heterocycles. The van der Waals surface area contributed by atoms with Crippen LogP contribution in [0.5, 0.6) is 0 Å². The van der Waals surface area contributed by atoms with Gasteiger partial charge in [0.2, 0.25) is 0 Å². The van der Waals surface area contributed by atoms with Crippen LogP contribution in [-0.2, 0) is 0 Å². The second kappa shape index (κ2) is 6.50. The molecule has 3 nitrogen and oxygen atoms in total. The first-order chi connectivity index (χ1) is 9.93. The van der Waals surface area contributed by atoms with Gasteiger partial charge in [0.05, 0.1) is 12.1 Å². The van der Waals surface area contributed by atoms with Crippen LogP contribution in [0.3, 0.4) is 0 Å². The van der Waals surface area contributed by atoms with E-state index < -0.39 is 5.82 Å². The number of hydrogen-bond acceptors (Lipinski definition) is 3. The van der Waals surface area contributed by atoms with E-state index in [4.69, 9.17) is 5.73 Å². The van der Waals surface area contributed by atoms with E-state index in [1.54, 1.807) is 11.0 Å². The third-order valence-electron chi connectivity index (χ3n) is 3.25. The molecule has 0 saturated carbocycles. The summed E-state index contributed by atoms with van der Waals surface area (Å²) in [5, 5.41) is 0. The fourth-order valence-corrected chi connectivity index (χ4v) is 3.39. The zero-order valence-electron chi connectivity index (χ0n) is 12.3. The Morgan fingerprint density at radius 1 is 1.52 bits per heavy atom. The minimum absolute atomic E-state index is 0.0108. The normalized spacial score (nSPS) is 17.0. The molecule has 1 aromatic carbocycles. The van der Waals surface area contributed by atoms with Gasteiger partial charge in [-0.1, -0.05) is 11.8 Å². The van der Waals surface area contributed by atoms with Crippen molar-refractivity contribution in [2.24, 2.45) is 5.73 Å². The number of benzene rings is 1. The largest absolute Gasteiger partial charge is 0.336 e. The molecular formula is C16H19FN2OS. The minimum Gasteiger partial charge on any atom is -0.336 e. The average Bonchev–Trinajstić information content (AvgIpc) is 2.43. The summed E-state index contributed by atoms with van der Waals surface area (Å²) in [7, 11) is 0. The first kappa shape index (κ1) is 15.9. The van der Waals surface area contributed by atoms with Crippen LogP contribution in [0.2, 0.25) is 0 Å². The molecule has 21 heavy (non-hydrogen) atoms. The summed E-state index contributed by atoms with van der Waals surface area (Å²) in [5.41, 5.74) is 5.92. The highest BCUT2D eigenvalue weighted by molar-refractivity contribution is 8.00. The summed E-state index contributed by atoms with van der Waals surface area (Å²) in [5.74, 6) is 5.53. The molecule has 0 atom stereocenters. The molecule has 0 unspecified atom stereocenters. The molecule has 1 amide bonds. The Morgan fingerprint density at radius 2 is 2.29 bits per heavy atom.